The second-order valence-electron chi connectivity index (χ2n) is 12.7. The van der Waals surface area contributed by atoms with Crippen LogP contribution in [0, 0.1) is 0 Å². The number of likely N-dealkylation sites (tertiary alicyclic amines) is 3. The summed E-state index contributed by atoms with van der Waals surface area (Å²) in [6.45, 7) is 9.03. The molecule has 3 aromatic heterocycles. The lowest BCUT2D eigenvalue weighted by Gasteiger charge is -2.31. The molecule has 3 aromatic rings. The van der Waals surface area contributed by atoms with Crippen molar-refractivity contribution in [1.82, 2.24) is 44.0 Å². The predicted molar refractivity (Wildman–Crippen MR) is 187 cm³/mol. The van der Waals surface area contributed by atoms with Gasteiger partial charge in [-0.2, -0.15) is 15.3 Å². The van der Waals surface area contributed by atoms with Crippen LogP contribution >= 0.6 is 10.7 Å². The van der Waals surface area contributed by atoms with E-state index in [-0.39, 0.29) is 39.9 Å². The molecule has 0 unspecified atom stereocenters. The molecule has 21 heteroatoms. The number of carbonyl (C=O) groups excluding carboxylic acids is 3. The summed E-state index contributed by atoms with van der Waals surface area (Å²) in [6.07, 6.45) is 10.1. The molecule has 0 radical (unpaired) electrons. The Hall–Kier alpha value is -4.01. The number of hydrogen-bond acceptors (Lipinski definition) is 11. The van der Waals surface area contributed by atoms with Crippen molar-refractivity contribution in [2.45, 2.75) is 87.5 Å². The monoisotopic (exact) mass is 771 g/mol. The van der Waals surface area contributed by atoms with Crippen LogP contribution in [0.3, 0.4) is 0 Å². The summed E-state index contributed by atoms with van der Waals surface area (Å²) >= 11 is 0. The van der Waals surface area contributed by atoms with Crippen LogP contribution in [0.4, 0.5) is 5.82 Å². The third kappa shape index (κ3) is 11.2. The maximum atomic E-state index is 11.2. The Balaban J connectivity index is 0.000000172. The van der Waals surface area contributed by atoms with Crippen LogP contribution in [0.2, 0.25) is 0 Å². The normalized spacial score (nSPS) is 18.0. The molecule has 51 heavy (non-hydrogen) atoms. The molecule has 0 spiro atoms. The van der Waals surface area contributed by atoms with Gasteiger partial charge in [-0.05, 0) is 56.7 Å². The maximum Gasteiger partial charge on any atom is 0.280 e. The van der Waals surface area contributed by atoms with Gasteiger partial charge >= 0.3 is 0 Å². The molecular formula is C30H46ClN11O7S2. The Morgan fingerprint density at radius 2 is 0.922 bits per heavy atom. The number of halogens is 1. The number of rotatable bonds is 5. The van der Waals surface area contributed by atoms with E-state index in [1.807, 2.05) is 15.8 Å². The predicted octanol–water partition coefficient (Wildman–Crippen LogP) is 1.36. The van der Waals surface area contributed by atoms with E-state index in [4.69, 9.17) is 21.6 Å². The molecular weight excluding hydrogens is 726 g/mol. The maximum absolute atomic E-state index is 11.2. The van der Waals surface area contributed by atoms with Crippen molar-refractivity contribution in [3.05, 3.63) is 36.8 Å². The number of anilines is 1. The molecule has 0 saturated carbocycles. The van der Waals surface area contributed by atoms with Gasteiger partial charge < -0.3 is 20.4 Å². The first-order chi connectivity index (χ1) is 23.9. The molecule has 6 rings (SSSR count). The van der Waals surface area contributed by atoms with E-state index in [1.165, 1.54) is 12.1 Å². The topological polar surface area (TPSA) is 235 Å². The fraction of sp³-hybridized carbons (Fsp3) is 0.600. The Bertz CT molecular complexity index is 1770. The highest BCUT2D eigenvalue weighted by molar-refractivity contribution is 8.13. The average Bonchev–Trinajstić information content (AvgIpc) is 3.87. The van der Waals surface area contributed by atoms with E-state index >= 15 is 0 Å². The molecule has 0 aromatic carbocycles. The van der Waals surface area contributed by atoms with Gasteiger partial charge in [-0.25, -0.2) is 22.0 Å². The highest BCUT2D eigenvalue weighted by atomic mass is 35.7. The van der Waals surface area contributed by atoms with Gasteiger partial charge in [-0.15, -0.1) is 0 Å². The van der Waals surface area contributed by atoms with Gasteiger partial charge in [0.05, 0.1) is 18.1 Å². The van der Waals surface area contributed by atoms with Crippen LogP contribution in [0.15, 0.2) is 46.8 Å². The molecule has 0 aliphatic carbocycles. The van der Waals surface area contributed by atoms with Crippen LogP contribution in [-0.4, -0.2) is 118 Å². The highest BCUT2D eigenvalue weighted by Gasteiger charge is 2.26. The minimum absolute atomic E-state index is 0.0675. The largest absolute Gasteiger partial charge is 0.382 e. The quantitative estimate of drug-likeness (QED) is 0.352. The van der Waals surface area contributed by atoms with Crippen LogP contribution in [-0.2, 0) is 33.5 Å². The average molecular weight is 772 g/mol. The third-order valence-corrected chi connectivity index (χ3v) is 11.2. The van der Waals surface area contributed by atoms with Gasteiger partial charge in [-0.1, -0.05) is 0 Å². The number of primary sulfonamides is 1. The zero-order valence-electron chi connectivity index (χ0n) is 28.9. The number of nitrogens with zero attached hydrogens (tertiary/aromatic N) is 9. The summed E-state index contributed by atoms with van der Waals surface area (Å²) in [6, 6.07) is 5.21. The smallest absolute Gasteiger partial charge is 0.280 e. The lowest BCUT2D eigenvalue weighted by molar-refractivity contribution is -0.130. The first-order valence-corrected chi connectivity index (χ1v) is 20.4. The van der Waals surface area contributed by atoms with Crippen LogP contribution < -0.4 is 10.9 Å². The van der Waals surface area contributed by atoms with Crippen molar-refractivity contribution in [3.8, 4) is 0 Å². The van der Waals surface area contributed by atoms with Gasteiger partial charge in [0.1, 0.15) is 5.82 Å². The Morgan fingerprint density at radius 1 is 0.608 bits per heavy atom. The first kappa shape index (κ1) is 39.8. The van der Waals surface area contributed by atoms with E-state index in [2.05, 4.69) is 15.3 Å². The molecule has 282 valence electrons. The zero-order chi connectivity index (χ0) is 37.5. The number of piperidine rings is 3. The molecule has 3 saturated heterocycles. The minimum atomic E-state index is -3.77. The van der Waals surface area contributed by atoms with Crippen molar-refractivity contribution >= 4 is 53.3 Å². The van der Waals surface area contributed by atoms with Gasteiger partial charge in [0.2, 0.25) is 17.7 Å². The van der Waals surface area contributed by atoms with Crippen molar-refractivity contribution in [2.75, 3.05) is 45.0 Å². The lowest BCUT2D eigenvalue weighted by atomic mass is 10.1. The Morgan fingerprint density at radius 3 is 1.18 bits per heavy atom. The molecule has 3 aliphatic rings. The second kappa shape index (κ2) is 17.0. The summed E-state index contributed by atoms with van der Waals surface area (Å²) in [5.41, 5.74) is 5.56. The van der Waals surface area contributed by atoms with E-state index in [0.29, 0.717) is 38.0 Å². The third-order valence-electron chi connectivity index (χ3n) is 9.19. The summed E-state index contributed by atoms with van der Waals surface area (Å²) in [5, 5.41) is 16.9. The van der Waals surface area contributed by atoms with Gasteiger partial charge in [0.15, 0.2) is 10.1 Å². The molecule has 4 N–H and O–H groups in total. The van der Waals surface area contributed by atoms with Crippen molar-refractivity contribution in [1.29, 1.82) is 0 Å². The molecule has 3 aliphatic heterocycles. The van der Waals surface area contributed by atoms with Crippen molar-refractivity contribution in [2.24, 2.45) is 5.14 Å². The number of amides is 3. The van der Waals surface area contributed by atoms with Crippen molar-refractivity contribution in [3.63, 3.8) is 0 Å². The summed E-state index contributed by atoms with van der Waals surface area (Å²) in [7, 11) is -2.29. The summed E-state index contributed by atoms with van der Waals surface area (Å²) in [5.74, 6) is 0.856. The van der Waals surface area contributed by atoms with E-state index in [0.717, 1.165) is 51.6 Å². The van der Waals surface area contributed by atoms with Gasteiger partial charge in [0.25, 0.3) is 19.1 Å². The van der Waals surface area contributed by atoms with Crippen LogP contribution in [0.1, 0.15) is 77.4 Å². The number of sulfonamides is 1. The second-order valence-corrected chi connectivity index (χ2v) is 16.7. The molecule has 0 atom stereocenters. The van der Waals surface area contributed by atoms with Gasteiger partial charge in [0, 0.05) is 89.3 Å². The Labute approximate surface area is 302 Å². The number of nitrogen functional groups attached to an aromatic ring is 1. The molecule has 18 nitrogen and oxygen atoms in total. The minimum Gasteiger partial charge on any atom is -0.382 e. The lowest BCUT2D eigenvalue weighted by Crippen LogP contribution is -2.37. The highest BCUT2D eigenvalue weighted by Crippen LogP contribution is 2.25. The SMILES string of the molecule is CC(=O)N1CCC(n2ccc(N)n2)CC1.CC(=O)N1CCC(n2ccc(S(=O)(=O)Cl)n2)CC1.CC(=O)N1CCC(n2ccc(S(N)(=O)=O)n2)CC1. The summed E-state index contributed by atoms with van der Waals surface area (Å²) in [4.78, 5) is 38.9. The number of hydrogen-bond donors (Lipinski definition) is 2. The standard InChI is InChI=1S/C10H14ClN3O3S.C10H16N4O3S.C10H16N4O/c2*1-8(15)13-5-2-9(3-6-13)14-7-4-10(12-14)18(11,16)17;1-8(15)13-5-2-9(3-6-13)14-7-4-10(11)12-14/h4,7,9H,2-3,5-6H2,1H3;4,7,9H,2-3,5-6H2,1H3,(H2,11,16,17);4,7,9H,2-3,5-6H2,1H3,(H2,11,12). The number of aromatic nitrogens is 6. The van der Waals surface area contributed by atoms with Crippen LogP contribution in [0.5, 0.6) is 0 Å². The zero-order valence-corrected chi connectivity index (χ0v) is 31.3. The van der Waals surface area contributed by atoms with E-state index in [1.54, 1.807) is 58.4 Å². The van der Waals surface area contributed by atoms with E-state index < -0.39 is 19.1 Å². The number of carbonyl (C=O) groups is 3. The number of nitrogens with two attached hydrogens (primary N) is 2. The van der Waals surface area contributed by atoms with Gasteiger partial charge in [-0.3, -0.25) is 28.4 Å². The molecule has 0 bridgehead atoms. The fourth-order valence-electron chi connectivity index (χ4n) is 6.22. The van der Waals surface area contributed by atoms with E-state index in [9.17, 15) is 31.2 Å². The summed E-state index contributed by atoms with van der Waals surface area (Å²) < 4.78 is 49.6. The van der Waals surface area contributed by atoms with Crippen LogP contribution in [0.25, 0.3) is 0 Å². The fourth-order valence-corrected chi connectivity index (χ4v) is 7.34. The Kier molecular flexibility index (Phi) is 13.3. The molecule has 3 amide bonds. The first-order valence-electron chi connectivity index (χ1n) is 16.6. The molecule has 3 fully saturated rings. The van der Waals surface area contributed by atoms with Crippen molar-refractivity contribution < 1.29 is 31.2 Å². The molecule has 6 heterocycles.